The molecule has 0 amide bonds. The van der Waals surface area contributed by atoms with Crippen LogP contribution in [0.15, 0.2) is 61.1 Å². The zero-order chi connectivity index (χ0) is 13.9. The molecule has 0 saturated heterocycles. The molecule has 0 fully saturated rings. The lowest BCUT2D eigenvalue weighted by molar-refractivity contribution is 0.628. The highest BCUT2D eigenvalue weighted by molar-refractivity contribution is 5.61. The second-order valence-corrected chi connectivity index (χ2v) is 4.53. The van der Waals surface area contributed by atoms with Gasteiger partial charge in [0.2, 0.25) is 0 Å². The molecule has 0 radical (unpaired) electrons. The van der Waals surface area contributed by atoms with Crippen molar-refractivity contribution < 1.29 is 4.39 Å². The summed E-state index contributed by atoms with van der Waals surface area (Å²) in [4.78, 5) is 4.17. The van der Waals surface area contributed by atoms with Crippen LogP contribution in [0, 0.1) is 5.82 Å². The van der Waals surface area contributed by atoms with Gasteiger partial charge in [0, 0.05) is 17.8 Å². The molecular weight excluding hydrogens is 253 g/mol. The summed E-state index contributed by atoms with van der Waals surface area (Å²) in [6.07, 6.45) is 3.44. The molecule has 100 valence electrons. The van der Waals surface area contributed by atoms with Gasteiger partial charge in [-0.3, -0.25) is 4.57 Å². The maximum atomic E-state index is 13.4. The van der Waals surface area contributed by atoms with Crippen molar-refractivity contribution in [2.45, 2.75) is 6.54 Å². The van der Waals surface area contributed by atoms with E-state index in [9.17, 15) is 4.39 Å². The molecule has 20 heavy (non-hydrogen) atoms. The van der Waals surface area contributed by atoms with Crippen molar-refractivity contribution in [3.05, 3.63) is 72.4 Å². The Balaban J connectivity index is 2.10. The molecule has 0 atom stereocenters. The molecule has 2 aromatic carbocycles. The van der Waals surface area contributed by atoms with Gasteiger partial charge in [-0.05, 0) is 29.8 Å². The van der Waals surface area contributed by atoms with Crippen molar-refractivity contribution in [3.8, 4) is 16.9 Å². The van der Waals surface area contributed by atoms with Crippen molar-refractivity contribution in [1.29, 1.82) is 0 Å². The third-order valence-electron chi connectivity index (χ3n) is 3.18. The van der Waals surface area contributed by atoms with Crippen LogP contribution in [0.4, 0.5) is 4.39 Å². The van der Waals surface area contributed by atoms with Gasteiger partial charge >= 0.3 is 0 Å². The first-order chi connectivity index (χ1) is 9.78. The highest BCUT2D eigenvalue weighted by Crippen LogP contribution is 2.23. The van der Waals surface area contributed by atoms with Gasteiger partial charge in [-0.15, -0.1) is 0 Å². The number of benzene rings is 2. The summed E-state index contributed by atoms with van der Waals surface area (Å²) in [5.41, 5.74) is 9.31. The van der Waals surface area contributed by atoms with Gasteiger partial charge < -0.3 is 5.73 Å². The van der Waals surface area contributed by atoms with E-state index in [1.54, 1.807) is 18.6 Å². The Morgan fingerprint density at radius 1 is 1.10 bits per heavy atom. The Labute approximate surface area is 116 Å². The molecule has 1 aromatic heterocycles. The van der Waals surface area contributed by atoms with E-state index in [1.165, 1.54) is 12.1 Å². The minimum Gasteiger partial charge on any atom is -0.326 e. The van der Waals surface area contributed by atoms with E-state index in [0.717, 1.165) is 22.5 Å². The molecular formula is C16H14FN3. The normalized spacial score (nSPS) is 10.7. The molecule has 0 saturated carbocycles. The van der Waals surface area contributed by atoms with Gasteiger partial charge in [0.1, 0.15) is 5.82 Å². The third-order valence-corrected chi connectivity index (χ3v) is 3.18. The second-order valence-electron chi connectivity index (χ2n) is 4.53. The largest absolute Gasteiger partial charge is 0.326 e. The topological polar surface area (TPSA) is 43.8 Å². The zero-order valence-corrected chi connectivity index (χ0v) is 10.8. The van der Waals surface area contributed by atoms with E-state index in [4.69, 9.17) is 5.73 Å². The van der Waals surface area contributed by atoms with Gasteiger partial charge in [-0.25, -0.2) is 9.37 Å². The molecule has 0 spiro atoms. The molecule has 0 aliphatic rings. The van der Waals surface area contributed by atoms with Gasteiger partial charge in [0.15, 0.2) is 0 Å². The van der Waals surface area contributed by atoms with E-state index < -0.39 is 0 Å². The van der Waals surface area contributed by atoms with Crippen molar-refractivity contribution in [2.24, 2.45) is 5.73 Å². The lowest BCUT2D eigenvalue weighted by Crippen LogP contribution is -2.00. The molecule has 0 aliphatic heterocycles. The Bertz CT molecular complexity index is 734. The van der Waals surface area contributed by atoms with Crippen molar-refractivity contribution in [1.82, 2.24) is 9.55 Å². The van der Waals surface area contributed by atoms with Gasteiger partial charge in [-0.1, -0.05) is 24.3 Å². The van der Waals surface area contributed by atoms with Crippen LogP contribution in [-0.2, 0) is 6.54 Å². The minimum absolute atomic E-state index is 0.258. The van der Waals surface area contributed by atoms with Crippen LogP contribution in [0.3, 0.4) is 0 Å². The highest BCUT2D eigenvalue weighted by Gasteiger charge is 2.08. The summed E-state index contributed by atoms with van der Waals surface area (Å²) in [7, 11) is 0. The maximum Gasteiger partial charge on any atom is 0.123 e. The van der Waals surface area contributed by atoms with Crippen molar-refractivity contribution in [2.75, 3.05) is 0 Å². The molecule has 4 heteroatoms. The van der Waals surface area contributed by atoms with Gasteiger partial charge in [0.05, 0.1) is 18.2 Å². The molecule has 2 N–H and O–H groups in total. The zero-order valence-electron chi connectivity index (χ0n) is 10.8. The smallest absolute Gasteiger partial charge is 0.123 e. The van der Waals surface area contributed by atoms with Crippen LogP contribution in [-0.4, -0.2) is 9.55 Å². The van der Waals surface area contributed by atoms with Crippen LogP contribution in [0.25, 0.3) is 16.9 Å². The second kappa shape index (κ2) is 5.27. The van der Waals surface area contributed by atoms with E-state index in [0.29, 0.717) is 6.54 Å². The number of nitrogens with two attached hydrogens (primary N) is 1. The number of imidazole rings is 1. The van der Waals surface area contributed by atoms with Gasteiger partial charge in [-0.2, -0.15) is 0 Å². The number of hydrogen-bond acceptors (Lipinski definition) is 2. The summed E-state index contributed by atoms with van der Waals surface area (Å²) < 4.78 is 15.3. The first-order valence-corrected chi connectivity index (χ1v) is 6.35. The lowest BCUT2D eigenvalue weighted by atomic mass is 10.1. The van der Waals surface area contributed by atoms with Crippen LogP contribution in [0.5, 0.6) is 0 Å². The lowest BCUT2D eigenvalue weighted by Gasteiger charge is -2.09. The highest BCUT2D eigenvalue weighted by atomic mass is 19.1. The van der Waals surface area contributed by atoms with Crippen molar-refractivity contribution >= 4 is 0 Å². The molecule has 3 nitrogen and oxygen atoms in total. The Morgan fingerprint density at radius 3 is 2.75 bits per heavy atom. The minimum atomic E-state index is -0.258. The number of rotatable bonds is 3. The SMILES string of the molecule is NCc1cccc(-n2cncc2-c2cccc(F)c2)c1. The molecule has 1 heterocycles. The summed E-state index contributed by atoms with van der Waals surface area (Å²) >= 11 is 0. The number of aromatic nitrogens is 2. The average molecular weight is 267 g/mol. The Hall–Kier alpha value is -2.46. The van der Waals surface area contributed by atoms with Crippen LogP contribution in [0.1, 0.15) is 5.56 Å². The first kappa shape index (κ1) is 12.6. The fraction of sp³-hybridized carbons (Fsp3) is 0.0625. The predicted octanol–water partition coefficient (Wildman–Crippen LogP) is 3.14. The number of nitrogens with zero attached hydrogens (tertiary/aromatic N) is 2. The van der Waals surface area contributed by atoms with Crippen molar-refractivity contribution in [3.63, 3.8) is 0 Å². The fourth-order valence-electron chi connectivity index (χ4n) is 2.20. The summed E-state index contributed by atoms with van der Waals surface area (Å²) in [5.74, 6) is -0.258. The molecule has 3 rings (SSSR count). The number of hydrogen-bond donors (Lipinski definition) is 1. The van der Waals surface area contributed by atoms with E-state index in [2.05, 4.69) is 4.98 Å². The monoisotopic (exact) mass is 267 g/mol. The van der Waals surface area contributed by atoms with Crippen LogP contribution < -0.4 is 5.73 Å². The summed E-state index contributed by atoms with van der Waals surface area (Å²) in [6.45, 7) is 0.484. The molecule has 0 aliphatic carbocycles. The molecule has 0 bridgehead atoms. The summed E-state index contributed by atoms with van der Waals surface area (Å²) in [6, 6.07) is 14.4. The van der Waals surface area contributed by atoms with Crippen LogP contribution in [0.2, 0.25) is 0 Å². The van der Waals surface area contributed by atoms with E-state index in [1.807, 2.05) is 34.9 Å². The Kier molecular flexibility index (Phi) is 3.31. The van der Waals surface area contributed by atoms with E-state index >= 15 is 0 Å². The van der Waals surface area contributed by atoms with Gasteiger partial charge in [0.25, 0.3) is 0 Å². The third kappa shape index (κ3) is 2.33. The summed E-state index contributed by atoms with van der Waals surface area (Å²) in [5, 5.41) is 0. The first-order valence-electron chi connectivity index (χ1n) is 6.35. The van der Waals surface area contributed by atoms with Crippen LogP contribution >= 0.6 is 0 Å². The average Bonchev–Trinajstić information content (AvgIpc) is 2.97. The standard InChI is InChI=1S/C16H14FN3/c17-14-5-2-4-13(8-14)16-10-19-11-20(16)15-6-1-3-12(7-15)9-18/h1-8,10-11H,9,18H2. The maximum absolute atomic E-state index is 13.4. The number of halogens is 1. The predicted molar refractivity (Wildman–Crippen MR) is 76.8 cm³/mol. The van der Waals surface area contributed by atoms with E-state index in [-0.39, 0.29) is 5.82 Å². The Morgan fingerprint density at radius 2 is 1.95 bits per heavy atom. The molecule has 3 aromatic rings. The molecule has 0 unspecified atom stereocenters. The quantitative estimate of drug-likeness (QED) is 0.792. The fourth-order valence-corrected chi connectivity index (χ4v) is 2.20.